The van der Waals surface area contributed by atoms with Gasteiger partial charge in [0.2, 0.25) is 10.0 Å². The number of benzene rings is 1. The van der Waals surface area contributed by atoms with Gasteiger partial charge in [-0.3, -0.25) is 9.52 Å². The van der Waals surface area contributed by atoms with E-state index >= 15 is 0 Å². The van der Waals surface area contributed by atoms with E-state index in [1.165, 1.54) is 0 Å². The molecule has 4 N–H and O–H groups in total. The van der Waals surface area contributed by atoms with Crippen molar-refractivity contribution in [2.75, 3.05) is 15.8 Å². The molecule has 0 fully saturated rings. The standard InChI is InChI=1S/C11H15BrN2O4S/c12-4-5-19(17,18)14-9-3-1-2-8(6-9)7-10(13)11(15)16/h1-3,6,10,14H,4-5,7,13H2,(H,15,16). The van der Waals surface area contributed by atoms with Gasteiger partial charge in [0.05, 0.1) is 5.75 Å². The Labute approximate surface area is 120 Å². The molecular formula is C11H15BrN2O4S. The van der Waals surface area contributed by atoms with Crippen LogP contribution in [0.3, 0.4) is 0 Å². The van der Waals surface area contributed by atoms with Crippen LogP contribution in [0.4, 0.5) is 5.69 Å². The third-order valence-electron chi connectivity index (χ3n) is 2.32. The number of carboxylic acids is 1. The van der Waals surface area contributed by atoms with Gasteiger partial charge >= 0.3 is 5.97 Å². The molecule has 106 valence electrons. The zero-order chi connectivity index (χ0) is 14.5. The summed E-state index contributed by atoms with van der Waals surface area (Å²) >= 11 is 3.06. The maximum atomic E-state index is 11.6. The quantitative estimate of drug-likeness (QED) is 0.629. The third kappa shape index (κ3) is 5.58. The van der Waals surface area contributed by atoms with Gasteiger partial charge in [-0.05, 0) is 24.1 Å². The number of aliphatic carboxylic acids is 1. The van der Waals surface area contributed by atoms with Gasteiger partial charge < -0.3 is 10.8 Å². The first kappa shape index (κ1) is 15.9. The van der Waals surface area contributed by atoms with Crippen LogP contribution in [0.25, 0.3) is 0 Å². The minimum absolute atomic E-state index is 0.0358. The number of halogens is 1. The molecule has 19 heavy (non-hydrogen) atoms. The molecule has 1 unspecified atom stereocenters. The van der Waals surface area contributed by atoms with Crippen molar-refractivity contribution < 1.29 is 18.3 Å². The lowest BCUT2D eigenvalue weighted by atomic mass is 10.1. The van der Waals surface area contributed by atoms with Crippen LogP contribution < -0.4 is 10.5 Å². The highest BCUT2D eigenvalue weighted by Crippen LogP contribution is 2.14. The molecular weight excluding hydrogens is 336 g/mol. The summed E-state index contributed by atoms with van der Waals surface area (Å²) in [5, 5.41) is 9.07. The van der Waals surface area contributed by atoms with Crippen molar-refractivity contribution in [3.05, 3.63) is 29.8 Å². The molecule has 0 amide bonds. The van der Waals surface area contributed by atoms with E-state index < -0.39 is 22.0 Å². The third-order valence-corrected chi connectivity index (χ3v) is 4.53. The zero-order valence-electron chi connectivity index (χ0n) is 10.0. The van der Waals surface area contributed by atoms with E-state index in [0.29, 0.717) is 16.6 Å². The van der Waals surface area contributed by atoms with Crippen LogP contribution in [0, 0.1) is 0 Å². The number of anilines is 1. The van der Waals surface area contributed by atoms with E-state index in [-0.39, 0.29) is 12.2 Å². The summed E-state index contributed by atoms with van der Waals surface area (Å²) in [4.78, 5) is 10.7. The Morgan fingerprint density at radius 1 is 1.47 bits per heavy atom. The second-order valence-electron chi connectivity index (χ2n) is 3.96. The normalized spacial score (nSPS) is 12.9. The average Bonchev–Trinajstić information content (AvgIpc) is 2.28. The van der Waals surface area contributed by atoms with Crippen molar-refractivity contribution in [1.82, 2.24) is 0 Å². The highest BCUT2D eigenvalue weighted by Gasteiger charge is 2.13. The highest BCUT2D eigenvalue weighted by atomic mass is 79.9. The number of carboxylic acid groups (broad SMARTS) is 1. The number of sulfonamides is 1. The first-order valence-electron chi connectivity index (χ1n) is 5.48. The number of hydrogen-bond donors (Lipinski definition) is 3. The second kappa shape index (κ2) is 6.88. The first-order chi connectivity index (χ1) is 8.84. The summed E-state index contributed by atoms with van der Waals surface area (Å²) in [5.41, 5.74) is 6.49. The molecule has 0 aromatic heterocycles. The molecule has 0 saturated heterocycles. The van der Waals surface area contributed by atoms with Gasteiger partial charge in [0.25, 0.3) is 0 Å². The van der Waals surface area contributed by atoms with Crippen molar-refractivity contribution in [3.8, 4) is 0 Å². The van der Waals surface area contributed by atoms with Crippen LogP contribution in [0.2, 0.25) is 0 Å². The van der Waals surface area contributed by atoms with Crippen LogP contribution >= 0.6 is 15.9 Å². The first-order valence-corrected chi connectivity index (χ1v) is 8.25. The SMILES string of the molecule is NC(Cc1cccc(NS(=O)(=O)CCBr)c1)C(=O)O. The smallest absolute Gasteiger partial charge is 0.320 e. The zero-order valence-corrected chi connectivity index (χ0v) is 12.4. The van der Waals surface area contributed by atoms with Crippen LogP contribution in [-0.4, -0.2) is 36.6 Å². The summed E-state index contributed by atoms with van der Waals surface area (Å²) in [5.74, 6) is -1.13. The summed E-state index contributed by atoms with van der Waals surface area (Å²) in [6.45, 7) is 0. The topological polar surface area (TPSA) is 109 Å². The molecule has 0 saturated carbocycles. The highest BCUT2D eigenvalue weighted by molar-refractivity contribution is 9.09. The van der Waals surface area contributed by atoms with Crippen LogP contribution in [0.5, 0.6) is 0 Å². The fraction of sp³-hybridized carbons (Fsp3) is 0.364. The minimum Gasteiger partial charge on any atom is -0.480 e. The molecule has 1 aromatic carbocycles. The predicted molar refractivity (Wildman–Crippen MR) is 77.0 cm³/mol. The lowest BCUT2D eigenvalue weighted by molar-refractivity contribution is -0.138. The molecule has 0 heterocycles. The van der Waals surface area contributed by atoms with Crippen LogP contribution in [-0.2, 0) is 21.2 Å². The van der Waals surface area contributed by atoms with Crippen LogP contribution in [0.1, 0.15) is 5.56 Å². The monoisotopic (exact) mass is 350 g/mol. The lowest BCUT2D eigenvalue weighted by Gasteiger charge is -2.10. The summed E-state index contributed by atoms with van der Waals surface area (Å²) < 4.78 is 25.6. The summed E-state index contributed by atoms with van der Waals surface area (Å²) in [6.07, 6.45) is 0.142. The van der Waals surface area contributed by atoms with Crippen LogP contribution in [0.15, 0.2) is 24.3 Å². The average molecular weight is 351 g/mol. The minimum atomic E-state index is -3.39. The molecule has 0 aliphatic carbocycles. The fourth-order valence-electron chi connectivity index (χ4n) is 1.44. The molecule has 8 heteroatoms. The Kier molecular flexibility index (Phi) is 5.77. The Balaban J connectivity index is 2.80. The summed E-state index contributed by atoms with van der Waals surface area (Å²) in [7, 11) is -3.39. The van der Waals surface area contributed by atoms with E-state index in [0.717, 1.165) is 0 Å². The number of nitrogens with two attached hydrogens (primary N) is 1. The molecule has 0 bridgehead atoms. The van der Waals surface area contributed by atoms with E-state index in [1.807, 2.05) is 0 Å². The number of rotatable bonds is 7. The van der Waals surface area contributed by atoms with Crippen molar-refractivity contribution in [1.29, 1.82) is 0 Å². The maximum Gasteiger partial charge on any atom is 0.320 e. The Morgan fingerprint density at radius 3 is 2.74 bits per heavy atom. The van der Waals surface area contributed by atoms with Gasteiger partial charge in [-0.15, -0.1) is 0 Å². The summed E-state index contributed by atoms with van der Waals surface area (Å²) in [6, 6.07) is 5.52. The Hall–Kier alpha value is -1.12. The molecule has 1 aromatic rings. The number of carbonyl (C=O) groups is 1. The van der Waals surface area contributed by atoms with E-state index in [9.17, 15) is 13.2 Å². The predicted octanol–water partition coefficient (Wildman–Crippen LogP) is 0.778. The molecule has 0 aliphatic heterocycles. The number of hydrogen-bond acceptors (Lipinski definition) is 4. The van der Waals surface area contributed by atoms with Crippen molar-refractivity contribution in [2.45, 2.75) is 12.5 Å². The van der Waals surface area contributed by atoms with E-state index in [2.05, 4.69) is 20.7 Å². The van der Waals surface area contributed by atoms with Gasteiger partial charge in [0.1, 0.15) is 6.04 Å². The number of alkyl halides is 1. The molecule has 0 spiro atoms. The van der Waals surface area contributed by atoms with Gasteiger partial charge in [0.15, 0.2) is 0 Å². The van der Waals surface area contributed by atoms with Crippen molar-refractivity contribution >= 4 is 37.6 Å². The van der Waals surface area contributed by atoms with Gasteiger partial charge in [-0.25, -0.2) is 8.42 Å². The molecule has 0 radical (unpaired) electrons. The molecule has 6 nitrogen and oxygen atoms in total. The Bertz CT molecular complexity index is 547. The lowest BCUT2D eigenvalue weighted by Crippen LogP contribution is -2.32. The largest absolute Gasteiger partial charge is 0.480 e. The second-order valence-corrected chi connectivity index (χ2v) is 6.59. The maximum absolute atomic E-state index is 11.6. The Morgan fingerprint density at radius 2 is 2.16 bits per heavy atom. The van der Waals surface area contributed by atoms with Gasteiger partial charge in [-0.2, -0.15) is 0 Å². The molecule has 0 aliphatic rings. The van der Waals surface area contributed by atoms with Gasteiger partial charge in [-0.1, -0.05) is 28.1 Å². The molecule has 1 atom stereocenters. The van der Waals surface area contributed by atoms with Crippen molar-refractivity contribution in [2.24, 2.45) is 5.73 Å². The van der Waals surface area contributed by atoms with E-state index in [4.69, 9.17) is 10.8 Å². The van der Waals surface area contributed by atoms with Gasteiger partial charge in [0, 0.05) is 11.0 Å². The number of nitrogens with one attached hydrogen (secondary N) is 1. The van der Waals surface area contributed by atoms with Crippen molar-refractivity contribution in [3.63, 3.8) is 0 Å². The fourth-order valence-corrected chi connectivity index (χ4v) is 3.51. The molecule has 1 rings (SSSR count). The van der Waals surface area contributed by atoms with E-state index in [1.54, 1.807) is 24.3 Å².